The number of furan rings is 1. The van der Waals surface area contributed by atoms with Gasteiger partial charge < -0.3 is 23.0 Å². The average Bonchev–Trinajstić information content (AvgIpc) is 3.15. The molecule has 3 rings (SSSR count). The zero-order valence-electron chi connectivity index (χ0n) is 18.8. The van der Waals surface area contributed by atoms with E-state index in [4.69, 9.17) is 23.0 Å². The lowest BCUT2D eigenvalue weighted by Gasteiger charge is -2.26. The van der Waals surface area contributed by atoms with Gasteiger partial charge in [0.15, 0.2) is 6.29 Å². The lowest BCUT2D eigenvalue weighted by atomic mass is 10.1. The summed E-state index contributed by atoms with van der Waals surface area (Å²) in [5, 5.41) is 1.58. The van der Waals surface area contributed by atoms with Crippen LogP contribution in [0.15, 0.2) is 68.0 Å². The van der Waals surface area contributed by atoms with Gasteiger partial charge in [-0.15, -0.1) is 0 Å². The molecule has 1 aromatic carbocycles. The summed E-state index contributed by atoms with van der Waals surface area (Å²) in [4.78, 5) is 11.6. The van der Waals surface area contributed by atoms with E-state index in [-0.39, 0.29) is 6.29 Å². The molecule has 0 unspecified atom stereocenters. The summed E-state index contributed by atoms with van der Waals surface area (Å²) < 4.78 is 28.2. The standard InChI is InChI=1S/C25H30O6/c1-6-27-18(3)31-25(4,5)13-7-8-17(2)11-14-29-24-19-9-10-23(26)30-22(19)16-21-20(24)12-15-28-21/h7,9-13,15-16,18H,6,8,14H2,1-5H3/b13-7+,17-11+/t18-/m0/s1. The van der Waals surface area contributed by atoms with Crippen molar-refractivity contribution in [2.75, 3.05) is 13.2 Å². The van der Waals surface area contributed by atoms with Crippen molar-refractivity contribution in [2.24, 2.45) is 0 Å². The van der Waals surface area contributed by atoms with Crippen LogP contribution >= 0.6 is 0 Å². The minimum atomic E-state index is -0.412. The molecule has 0 aliphatic heterocycles. The maximum atomic E-state index is 11.6. The second-order valence-electron chi connectivity index (χ2n) is 7.92. The highest BCUT2D eigenvalue weighted by molar-refractivity contribution is 6.01. The number of benzene rings is 1. The summed E-state index contributed by atoms with van der Waals surface area (Å²) in [5.74, 6) is 0.643. The SMILES string of the molecule is CCO[C@H](C)OC(C)(C)/C=C/C/C(C)=C/COc1c2ccoc2cc2oc(=O)ccc12. The van der Waals surface area contributed by atoms with Crippen LogP contribution in [0.4, 0.5) is 0 Å². The minimum Gasteiger partial charge on any atom is -0.488 e. The molecule has 2 aromatic heterocycles. The van der Waals surface area contributed by atoms with Gasteiger partial charge in [-0.3, -0.25) is 0 Å². The minimum absolute atomic E-state index is 0.250. The van der Waals surface area contributed by atoms with Crippen LogP contribution in [0.2, 0.25) is 0 Å². The van der Waals surface area contributed by atoms with Crippen molar-refractivity contribution in [1.29, 1.82) is 0 Å². The van der Waals surface area contributed by atoms with E-state index in [0.717, 1.165) is 17.2 Å². The molecule has 0 N–H and O–H groups in total. The molecule has 0 aliphatic carbocycles. The molecule has 2 heterocycles. The van der Waals surface area contributed by atoms with Crippen LogP contribution in [-0.4, -0.2) is 25.1 Å². The molecule has 6 nitrogen and oxygen atoms in total. The first-order valence-corrected chi connectivity index (χ1v) is 10.5. The fourth-order valence-electron chi connectivity index (χ4n) is 3.38. The Labute approximate surface area is 182 Å². The molecular formula is C25H30O6. The third-order valence-electron chi connectivity index (χ3n) is 4.80. The molecular weight excluding hydrogens is 396 g/mol. The number of hydrogen-bond acceptors (Lipinski definition) is 6. The quantitative estimate of drug-likeness (QED) is 0.225. The van der Waals surface area contributed by atoms with Gasteiger partial charge in [0.05, 0.1) is 22.6 Å². The van der Waals surface area contributed by atoms with Crippen molar-refractivity contribution in [3.05, 3.63) is 64.7 Å². The molecule has 0 fully saturated rings. The molecule has 0 bridgehead atoms. The Kier molecular flexibility index (Phi) is 7.36. The van der Waals surface area contributed by atoms with E-state index in [0.29, 0.717) is 30.1 Å². The summed E-state index contributed by atoms with van der Waals surface area (Å²) in [6.45, 7) is 10.9. The highest BCUT2D eigenvalue weighted by atomic mass is 16.7. The van der Waals surface area contributed by atoms with Gasteiger partial charge in [-0.1, -0.05) is 17.7 Å². The molecule has 31 heavy (non-hydrogen) atoms. The van der Waals surface area contributed by atoms with E-state index in [1.807, 2.05) is 45.9 Å². The molecule has 0 saturated heterocycles. The number of allylic oxidation sites excluding steroid dienone is 2. The Bertz CT molecular complexity index is 1130. The molecule has 0 radical (unpaired) electrons. The monoisotopic (exact) mass is 426 g/mol. The summed E-state index contributed by atoms with van der Waals surface area (Å²) in [6.07, 6.45) is 8.29. The molecule has 166 valence electrons. The summed E-state index contributed by atoms with van der Waals surface area (Å²) in [5.41, 5.74) is 1.40. The van der Waals surface area contributed by atoms with E-state index in [2.05, 4.69) is 13.0 Å². The Morgan fingerprint density at radius 2 is 1.97 bits per heavy atom. The molecule has 6 heteroatoms. The second-order valence-corrected chi connectivity index (χ2v) is 7.92. The van der Waals surface area contributed by atoms with Crippen LogP contribution in [-0.2, 0) is 9.47 Å². The van der Waals surface area contributed by atoms with E-state index in [1.54, 1.807) is 18.4 Å². The van der Waals surface area contributed by atoms with E-state index in [1.165, 1.54) is 11.6 Å². The van der Waals surface area contributed by atoms with Gasteiger partial charge in [0.2, 0.25) is 0 Å². The van der Waals surface area contributed by atoms with E-state index >= 15 is 0 Å². The van der Waals surface area contributed by atoms with Gasteiger partial charge in [0, 0.05) is 18.7 Å². The Morgan fingerprint density at radius 1 is 1.19 bits per heavy atom. The first kappa shape index (κ1) is 22.8. The lowest BCUT2D eigenvalue weighted by Crippen LogP contribution is -2.28. The normalized spacial score (nSPS) is 14.0. The van der Waals surface area contributed by atoms with Crippen molar-refractivity contribution in [3.8, 4) is 5.75 Å². The zero-order chi connectivity index (χ0) is 22.4. The van der Waals surface area contributed by atoms with Crippen molar-refractivity contribution >= 4 is 21.9 Å². The number of fused-ring (bicyclic) bond motifs is 2. The molecule has 3 aromatic rings. The van der Waals surface area contributed by atoms with Crippen LogP contribution < -0.4 is 10.4 Å². The predicted octanol–water partition coefficient (Wildman–Crippen LogP) is 5.99. The number of hydrogen-bond donors (Lipinski definition) is 0. The number of ether oxygens (including phenoxy) is 3. The van der Waals surface area contributed by atoms with Gasteiger partial charge in [-0.25, -0.2) is 4.79 Å². The topological polar surface area (TPSA) is 71.0 Å². The maximum absolute atomic E-state index is 11.6. The summed E-state index contributed by atoms with van der Waals surface area (Å²) in [7, 11) is 0. The molecule has 0 saturated carbocycles. The average molecular weight is 427 g/mol. The lowest BCUT2D eigenvalue weighted by molar-refractivity contribution is -0.173. The van der Waals surface area contributed by atoms with Gasteiger partial charge in [0.1, 0.15) is 23.5 Å². The highest BCUT2D eigenvalue weighted by Crippen LogP contribution is 2.35. The van der Waals surface area contributed by atoms with Gasteiger partial charge in [-0.05, 0) is 59.2 Å². The predicted molar refractivity (Wildman–Crippen MR) is 122 cm³/mol. The fraction of sp³-hybridized carbons (Fsp3) is 0.400. The Balaban J connectivity index is 1.65. The van der Waals surface area contributed by atoms with Crippen molar-refractivity contribution < 1.29 is 23.0 Å². The Hall–Kier alpha value is -2.83. The van der Waals surface area contributed by atoms with Crippen LogP contribution in [0.1, 0.15) is 41.0 Å². The fourth-order valence-corrected chi connectivity index (χ4v) is 3.38. The van der Waals surface area contributed by atoms with Crippen molar-refractivity contribution in [1.82, 2.24) is 0 Å². The van der Waals surface area contributed by atoms with Gasteiger partial charge in [-0.2, -0.15) is 0 Å². The second kappa shape index (κ2) is 9.98. The van der Waals surface area contributed by atoms with Crippen LogP contribution in [0.5, 0.6) is 5.75 Å². The Morgan fingerprint density at radius 3 is 2.74 bits per heavy atom. The summed E-state index contributed by atoms with van der Waals surface area (Å²) >= 11 is 0. The van der Waals surface area contributed by atoms with Gasteiger partial charge >= 0.3 is 5.63 Å². The first-order valence-electron chi connectivity index (χ1n) is 10.5. The van der Waals surface area contributed by atoms with Crippen molar-refractivity contribution in [2.45, 2.75) is 52.9 Å². The maximum Gasteiger partial charge on any atom is 0.336 e. The molecule has 0 aliphatic rings. The zero-order valence-corrected chi connectivity index (χ0v) is 18.8. The highest BCUT2D eigenvalue weighted by Gasteiger charge is 2.18. The molecule has 1 atom stereocenters. The van der Waals surface area contributed by atoms with E-state index in [9.17, 15) is 4.79 Å². The van der Waals surface area contributed by atoms with Crippen LogP contribution in [0.3, 0.4) is 0 Å². The number of rotatable bonds is 10. The van der Waals surface area contributed by atoms with Crippen LogP contribution in [0.25, 0.3) is 21.9 Å². The third-order valence-corrected chi connectivity index (χ3v) is 4.80. The molecule has 0 spiro atoms. The van der Waals surface area contributed by atoms with Crippen molar-refractivity contribution in [3.63, 3.8) is 0 Å². The van der Waals surface area contributed by atoms with Gasteiger partial charge in [0.25, 0.3) is 0 Å². The largest absolute Gasteiger partial charge is 0.488 e. The molecule has 0 amide bonds. The van der Waals surface area contributed by atoms with E-state index < -0.39 is 11.2 Å². The summed E-state index contributed by atoms with van der Waals surface area (Å²) in [6, 6.07) is 6.66. The first-order chi connectivity index (χ1) is 14.8. The van der Waals surface area contributed by atoms with Crippen LogP contribution in [0, 0.1) is 0 Å². The smallest absolute Gasteiger partial charge is 0.336 e. The third kappa shape index (κ3) is 6.09.